The molecule has 0 saturated carbocycles. The molecule has 2 heterocycles. The summed E-state index contributed by atoms with van der Waals surface area (Å²) < 4.78 is 11.8. The summed E-state index contributed by atoms with van der Waals surface area (Å²) in [7, 11) is 1.64. The van der Waals surface area contributed by atoms with Gasteiger partial charge in [-0.15, -0.1) is 11.8 Å². The number of likely N-dealkylation sites (tertiary alicyclic amines) is 1. The highest BCUT2D eigenvalue weighted by Gasteiger charge is 2.18. The van der Waals surface area contributed by atoms with E-state index in [9.17, 15) is 5.26 Å². The van der Waals surface area contributed by atoms with E-state index in [2.05, 4.69) is 23.1 Å². The van der Waals surface area contributed by atoms with E-state index < -0.39 is 0 Å². The first-order valence-electron chi connectivity index (χ1n) is 13.5. The first kappa shape index (κ1) is 26.8. The second-order valence-corrected chi connectivity index (χ2v) is 10.7. The van der Waals surface area contributed by atoms with Gasteiger partial charge >= 0.3 is 0 Å². The van der Waals surface area contributed by atoms with E-state index in [1.54, 1.807) is 18.9 Å². The smallest absolute Gasteiger partial charge is 0.161 e. The van der Waals surface area contributed by atoms with Crippen molar-refractivity contribution in [3.63, 3.8) is 0 Å². The summed E-state index contributed by atoms with van der Waals surface area (Å²) in [6.45, 7) is 3.77. The van der Waals surface area contributed by atoms with Crippen molar-refractivity contribution in [1.82, 2.24) is 9.88 Å². The van der Waals surface area contributed by atoms with Gasteiger partial charge in [-0.1, -0.05) is 73.2 Å². The zero-order chi connectivity index (χ0) is 26.9. The van der Waals surface area contributed by atoms with E-state index >= 15 is 0 Å². The van der Waals surface area contributed by atoms with Crippen LogP contribution in [0, 0.1) is 11.3 Å². The quantitative estimate of drug-likeness (QED) is 0.197. The molecule has 0 aliphatic carbocycles. The van der Waals surface area contributed by atoms with Crippen molar-refractivity contribution in [2.45, 2.75) is 30.9 Å². The molecule has 3 aromatic carbocycles. The highest BCUT2D eigenvalue weighted by atomic mass is 32.2. The van der Waals surface area contributed by atoms with Crippen molar-refractivity contribution in [2.75, 3.05) is 32.5 Å². The van der Waals surface area contributed by atoms with Crippen LogP contribution in [0.2, 0.25) is 0 Å². The fraction of sp³-hybridized carbons (Fsp3) is 0.273. The van der Waals surface area contributed by atoms with Crippen molar-refractivity contribution in [3.05, 3.63) is 96.1 Å². The first-order valence-corrected chi connectivity index (χ1v) is 14.4. The molecule has 6 heteroatoms. The Balaban J connectivity index is 1.46. The van der Waals surface area contributed by atoms with Crippen LogP contribution in [-0.4, -0.2) is 42.4 Å². The molecule has 0 radical (unpaired) electrons. The van der Waals surface area contributed by atoms with Crippen LogP contribution < -0.4 is 9.47 Å². The summed E-state index contributed by atoms with van der Waals surface area (Å²) in [6.07, 6.45) is 3.87. The molecule has 0 amide bonds. The second-order valence-electron chi connectivity index (χ2n) is 9.60. The molecular formula is C33H33N3O2S. The van der Waals surface area contributed by atoms with Gasteiger partial charge in [-0.25, -0.2) is 4.98 Å². The van der Waals surface area contributed by atoms with Crippen LogP contribution in [0.5, 0.6) is 11.5 Å². The number of rotatable bonds is 10. The van der Waals surface area contributed by atoms with Gasteiger partial charge in [0.1, 0.15) is 17.7 Å². The standard InChI is InChI=1S/C33H33N3O2S/c1-37-32-21-27(15-16-31(32)38-24-25-11-5-2-6-12-25)28-22-30(26-13-7-3-8-14-26)35-33(29(28)23-34)39-20-19-36-17-9-4-10-18-36/h2-3,5-8,11-16,21-22H,4,9-10,17-20,24H2,1H3. The van der Waals surface area contributed by atoms with Crippen molar-refractivity contribution in [3.8, 4) is 40.0 Å². The molecule has 0 bridgehead atoms. The molecule has 5 rings (SSSR count). The van der Waals surface area contributed by atoms with Crippen LogP contribution in [0.3, 0.4) is 0 Å². The van der Waals surface area contributed by atoms with Crippen LogP contribution in [0.15, 0.2) is 90.0 Å². The molecule has 0 unspecified atom stereocenters. The maximum atomic E-state index is 10.3. The maximum Gasteiger partial charge on any atom is 0.161 e. The van der Waals surface area contributed by atoms with Gasteiger partial charge in [0, 0.05) is 23.4 Å². The van der Waals surface area contributed by atoms with Gasteiger partial charge in [0.2, 0.25) is 0 Å². The average Bonchev–Trinajstić information content (AvgIpc) is 3.01. The summed E-state index contributed by atoms with van der Waals surface area (Å²) in [5, 5.41) is 11.1. The minimum atomic E-state index is 0.450. The van der Waals surface area contributed by atoms with Crippen molar-refractivity contribution in [2.24, 2.45) is 0 Å². The van der Waals surface area contributed by atoms with E-state index in [-0.39, 0.29) is 0 Å². The topological polar surface area (TPSA) is 58.4 Å². The van der Waals surface area contributed by atoms with E-state index in [0.717, 1.165) is 58.4 Å². The van der Waals surface area contributed by atoms with Gasteiger partial charge in [-0.3, -0.25) is 0 Å². The number of piperidine rings is 1. The molecule has 39 heavy (non-hydrogen) atoms. The number of nitriles is 1. The molecule has 0 spiro atoms. The van der Waals surface area contributed by atoms with Gasteiger partial charge < -0.3 is 14.4 Å². The normalized spacial score (nSPS) is 13.5. The molecule has 1 aromatic heterocycles. The zero-order valence-electron chi connectivity index (χ0n) is 22.3. The number of benzene rings is 3. The fourth-order valence-corrected chi connectivity index (χ4v) is 5.87. The van der Waals surface area contributed by atoms with Crippen molar-refractivity contribution < 1.29 is 9.47 Å². The third kappa shape index (κ3) is 6.81. The largest absolute Gasteiger partial charge is 0.493 e. The van der Waals surface area contributed by atoms with Gasteiger partial charge in [0.05, 0.1) is 18.4 Å². The lowest BCUT2D eigenvalue weighted by Gasteiger charge is -2.26. The minimum absolute atomic E-state index is 0.450. The Kier molecular flexibility index (Phi) is 9.16. The Morgan fingerprint density at radius 2 is 1.62 bits per heavy atom. The second kappa shape index (κ2) is 13.3. The Labute approximate surface area is 235 Å². The summed E-state index contributed by atoms with van der Waals surface area (Å²) in [5.74, 6) is 2.19. The minimum Gasteiger partial charge on any atom is -0.493 e. The van der Waals surface area contributed by atoms with Gasteiger partial charge in [-0.2, -0.15) is 5.26 Å². The van der Waals surface area contributed by atoms with Gasteiger partial charge in [-0.05, 0) is 55.3 Å². The molecule has 1 aliphatic rings. The number of hydrogen-bond acceptors (Lipinski definition) is 6. The summed E-state index contributed by atoms with van der Waals surface area (Å²) in [4.78, 5) is 7.49. The molecule has 0 atom stereocenters. The number of nitrogens with zero attached hydrogens (tertiary/aromatic N) is 3. The lowest BCUT2D eigenvalue weighted by atomic mass is 9.99. The fourth-order valence-electron chi connectivity index (χ4n) is 4.86. The Hall–Kier alpha value is -3.79. The lowest BCUT2D eigenvalue weighted by Crippen LogP contribution is -2.31. The van der Waals surface area contributed by atoms with Gasteiger partial charge in [0.15, 0.2) is 11.5 Å². The van der Waals surface area contributed by atoms with Crippen LogP contribution in [0.4, 0.5) is 0 Å². The maximum absolute atomic E-state index is 10.3. The van der Waals surface area contributed by atoms with Crippen LogP contribution in [0.1, 0.15) is 30.4 Å². The van der Waals surface area contributed by atoms with Gasteiger partial charge in [0.25, 0.3) is 0 Å². The SMILES string of the molecule is COc1cc(-c2cc(-c3ccccc3)nc(SCCN3CCCCC3)c2C#N)ccc1OCc1ccccc1. The van der Waals surface area contributed by atoms with E-state index in [4.69, 9.17) is 14.5 Å². The van der Waals surface area contributed by atoms with Crippen molar-refractivity contribution >= 4 is 11.8 Å². The summed E-state index contributed by atoms with van der Waals surface area (Å²) in [6, 6.07) is 30.5. The highest BCUT2D eigenvalue weighted by molar-refractivity contribution is 7.99. The Morgan fingerprint density at radius 1 is 0.872 bits per heavy atom. The predicted molar refractivity (Wildman–Crippen MR) is 158 cm³/mol. The molecule has 198 valence electrons. The third-order valence-electron chi connectivity index (χ3n) is 6.97. The molecule has 0 N–H and O–H groups in total. The van der Waals surface area contributed by atoms with Crippen LogP contribution >= 0.6 is 11.8 Å². The molecular weight excluding hydrogens is 502 g/mol. The average molecular weight is 536 g/mol. The third-order valence-corrected chi connectivity index (χ3v) is 7.93. The van der Waals surface area contributed by atoms with Crippen LogP contribution in [0.25, 0.3) is 22.4 Å². The number of pyridine rings is 1. The number of hydrogen-bond donors (Lipinski definition) is 0. The monoisotopic (exact) mass is 535 g/mol. The molecule has 1 saturated heterocycles. The first-order chi connectivity index (χ1) is 19.2. The number of aromatic nitrogens is 1. The predicted octanol–water partition coefficient (Wildman–Crippen LogP) is 7.45. The number of thioether (sulfide) groups is 1. The lowest BCUT2D eigenvalue weighted by molar-refractivity contribution is 0.242. The molecule has 1 fully saturated rings. The molecule has 5 nitrogen and oxygen atoms in total. The molecule has 1 aliphatic heterocycles. The Morgan fingerprint density at radius 3 is 2.33 bits per heavy atom. The summed E-state index contributed by atoms with van der Waals surface area (Å²) in [5.41, 5.74) is 5.30. The number of methoxy groups -OCH3 is 1. The number of ether oxygens (including phenoxy) is 2. The Bertz CT molecular complexity index is 1410. The van der Waals surface area contributed by atoms with Crippen LogP contribution in [-0.2, 0) is 6.61 Å². The van der Waals surface area contributed by atoms with E-state index in [0.29, 0.717) is 23.7 Å². The zero-order valence-corrected chi connectivity index (χ0v) is 23.1. The summed E-state index contributed by atoms with van der Waals surface area (Å²) >= 11 is 1.67. The van der Waals surface area contributed by atoms with E-state index in [1.807, 2.05) is 72.8 Å². The van der Waals surface area contributed by atoms with E-state index in [1.165, 1.54) is 19.3 Å². The molecule has 4 aromatic rings. The highest BCUT2D eigenvalue weighted by Crippen LogP contribution is 2.38. The van der Waals surface area contributed by atoms with Crippen molar-refractivity contribution in [1.29, 1.82) is 5.26 Å².